The van der Waals surface area contributed by atoms with Gasteiger partial charge in [-0.3, -0.25) is 5.43 Å². The molecule has 106 valence electrons. The Balaban J connectivity index is 2.14. The normalized spacial score (nSPS) is 17.8. The zero-order valence-electron chi connectivity index (χ0n) is 11.3. The van der Waals surface area contributed by atoms with Crippen LogP contribution in [0.2, 0.25) is 0 Å². The van der Waals surface area contributed by atoms with Crippen LogP contribution in [-0.4, -0.2) is 45.5 Å². The third kappa shape index (κ3) is 6.78. The van der Waals surface area contributed by atoms with Gasteiger partial charge < -0.3 is 14.8 Å². The molecule has 0 heterocycles. The molecule has 0 unspecified atom stereocenters. The minimum Gasteiger partial charge on any atom is -0.382 e. The van der Waals surface area contributed by atoms with Crippen molar-refractivity contribution in [3.63, 3.8) is 0 Å². The summed E-state index contributed by atoms with van der Waals surface area (Å²) in [5.41, 5.74) is 2.61. The van der Waals surface area contributed by atoms with E-state index in [-0.39, 0.29) is 0 Å². The highest BCUT2D eigenvalue weighted by molar-refractivity contribution is 5.79. The quantitative estimate of drug-likeness (QED) is 0.202. The summed E-state index contributed by atoms with van der Waals surface area (Å²) in [7, 11) is 1.66. The van der Waals surface area contributed by atoms with Crippen LogP contribution >= 0.6 is 0 Å². The lowest BCUT2D eigenvalue weighted by Gasteiger charge is -2.24. The molecule has 1 aliphatic carbocycles. The maximum absolute atomic E-state index is 5.45. The monoisotopic (exact) mass is 258 g/mol. The van der Waals surface area contributed by atoms with Crippen molar-refractivity contribution in [1.29, 1.82) is 0 Å². The largest absolute Gasteiger partial charge is 0.382 e. The molecule has 0 aromatic rings. The van der Waals surface area contributed by atoms with Gasteiger partial charge in [-0.2, -0.15) is 0 Å². The number of rotatable bonds is 7. The highest BCUT2D eigenvalue weighted by Crippen LogP contribution is 2.16. The van der Waals surface area contributed by atoms with E-state index < -0.39 is 0 Å². The first-order valence-corrected chi connectivity index (χ1v) is 6.71. The number of aliphatic imine (C=N–C) groups is 1. The Morgan fingerprint density at radius 1 is 1.22 bits per heavy atom. The number of ether oxygens (including phenoxy) is 2. The van der Waals surface area contributed by atoms with Gasteiger partial charge in [0.15, 0.2) is 0 Å². The average molecular weight is 258 g/mol. The molecule has 0 aliphatic heterocycles. The molecule has 0 amide bonds. The van der Waals surface area contributed by atoms with E-state index in [1.165, 1.54) is 32.1 Å². The van der Waals surface area contributed by atoms with Gasteiger partial charge in [0.05, 0.1) is 26.4 Å². The van der Waals surface area contributed by atoms with Gasteiger partial charge in [0.2, 0.25) is 5.96 Å². The molecule has 0 atom stereocenters. The van der Waals surface area contributed by atoms with Crippen LogP contribution in [0.25, 0.3) is 0 Å². The van der Waals surface area contributed by atoms with Crippen LogP contribution in [0.5, 0.6) is 0 Å². The van der Waals surface area contributed by atoms with E-state index >= 15 is 0 Å². The topological polar surface area (TPSA) is 80.9 Å². The summed E-state index contributed by atoms with van der Waals surface area (Å²) in [5, 5.41) is 3.34. The minimum atomic E-state index is 0.503. The van der Waals surface area contributed by atoms with E-state index in [1.54, 1.807) is 7.11 Å². The van der Waals surface area contributed by atoms with Crippen molar-refractivity contribution in [2.45, 2.75) is 38.1 Å². The maximum atomic E-state index is 5.45. The first-order chi connectivity index (χ1) is 8.86. The van der Waals surface area contributed by atoms with Crippen LogP contribution in [0.3, 0.4) is 0 Å². The lowest BCUT2D eigenvalue weighted by atomic mass is 9.96. The number of hydrogen-bond donors (Lipinski definition) is 3. The second-order valence-corrected chi connectivity index (χ2v) is 4.46. The highest BCUT2D eigenvalue weighted by atomic mass is 16.5. The van der Waals surface area contributed by atoms with Crippen molar-refractivity contribution >= 4 is 5.96 Å². The second kappa shape index (κ2) is 10.1. The molecular weight excluding hydrogens is 232 g/mol. The molecule has 6 heteroatoms. The number of guanidine groups is 1. The summed E-state index contributed by atoms with van der Waals surface area (Å²) >= 11 is 0. The van der Waals surface area contributed by atoms with Gasteiger partial charge in [-0.25, -0.2) is 10.8 Å². The van der Waals surface area contributed by atoms with E-state index in [0.29, 0.717) is 38.4 Å². The van der Waals surface area contributed by atoms with Crippen molar-refractivity contribution in [2.75, 3.05) is 33.5 Å². The molecule has 1 saturated carbocycles. The number of nitrogens with one attached hydrogen (secondary N) is 2. The van der Waals surface area contributed by atoms with E-state index in [0.717, 1.165) is 0 Å². The predicted molar refractivity (Wildman–Crippen MR) is 72.3 cm³/mol. The lowest BCUT2D eigenvalue weighted by molar-refractivity contribution is 0.0748. The first kappa shape index (κ1) is 15.2. The fraction of sp³-hybridized carbons (Fsp3) is 0.917. The Labute approximate surface area is 109 Å². The van der Waals surface area contributed by atoms with Crippen molar-refractivity contribution in [2.24, 2.45) is 10.8 Å². The maximum Gasteiger partial charge on any atom is 0.206 e. The first-order valence-electron chi connectivity index (χ1n) is 6.71. The molecular formula is C12H26N4O2. The Kier molecular flexibility index (Phi) is 8.54. The van der Waals surface area contributed by atoms with Gasteiger partial charge in [-0.05, 0) is 12.8 Å². The van der Waals surface area contributed by atoms with Crippen molar-refractivity contribution < 1.29 is 9.47 Å². The number of methoxy groups -OCH3 is 1. The minimum absolute atomic E-state index is 0.503. The molecule has 4 N–H and O–H groups in total. The Bertz CT molecular complexity index is 230. The van der Waals surface area contributed by atoms with Gasteiger partial charge in [0.1, 0.15) is 0 Å². The second-order valence-electron chi connectivity index (χ2n) is 4.46. The number of hydrogen-bond acceptors (Lipinski definition) is 4. The van der Waals surface area contributed by atoms with Crippen LogP contribution < -0.4 is 16.6 Å². The third-order valence-corrected chi connectivity index (χ3v) is 3.02. The molecule has 0 aromatic heterocycles. The number of hydrazine groups is 1. The van der Waals surface area contributed by atoms with Crippen molar-refractivity contribution in [3.8, 4) is 0 Å². The average Bonchev–Trinajstić information content (AvgIpc) is 2.42. The zero-order chi connectivity index (χ0) is 13.1. The number of nitrogens with zero attached hydrogens (tertiary/aromatic N) is 1. The van der Waals surface area contributed by atoms with Gasteiger partial charge in [-0.1, -0.05) is 19.3 Å². The van der Waals surface area contributed by atoms with E-state index in [4.69, 9.17) is 15.3 Å². The summed E-state index contributed by atoms with van der Waals surface area (Å²) in [4.78, 5) is 4.34. The Hall–Kier alpha value is -0.850. The standard InChI is InChI=1S/C12H26N4O2/c1-17-9-10-18-8-7-14-12(16-13)15-11-5-3-2-4-6-11/h11H,2-10,13H2,1H3,(H2,14,15,16). The highest BCUT2D eigenvalue weighted by Gasteiger charge is 2.13. The zero-order valence-corrected chi connectivity index (χ0v) is 11.3. The van der Waals surface area contributed by atoms with E-state index in [9.17, 15) is 0 Å². The summed E-state index contributed by atoms with van der Waals surface area (Å²) < 4.78 is 10.2. The van der Waals surface area contributed by atoms with Crippen LogP contribution in [0.15, 0.2) is 4.99 Å². The SMILES string of the molecule is COCCOCCN=C(NN)NC1CCCCC1. The molecule has 6 nitrogen and oxygen atoms in total. The summed E-state index contributed by atoms with van der Waals surface area (Å²) in [6.45, 7) is 2.41. The molecule has 0 spiro atoms. The molecule has 0 bridgehead atoms. The van der Waals surface area contributed by atoms with Crippen molar-refractivity contribution in [1.82, 2.24) is 10.7 Å². The Morgan fingerprint density at radius 3 is 2.67 bits per heavy atom. The van der Waals surface area contributed by atoms with Gasteiger partial charge in [0.25, 0.3) is 0 Å². The van der Waals surface area contributed by atoms with Gasteiger partial charge in [-0.15, -0.1) is 0 Å². The fourth-order valence-electron chi connectivity index (χ4n) is 2.04. The Morgan fingerprint density at radius 2 is 2.00 bits per heavy atom. The molecule has 18 heavy (non-hydrogen) atoms. The fourth-order valence-corrected chi connectivity index (χ4v) is 2.04. The summed E-state index contributed by atoms with van der Waals surface area (Å²) in [5.74, 6) is 6.11. The lowest BCUT2D eigenvalue weighted by Crippen LogP contribution is -2.47. The van der Waals surface area contributed by atoms with Crippen LogP contribution in [0, 0.1) is 0 Å². The molecule has 0 aromatic carbocycles. The van der Waals surface area contributed by atoms with Crippen LogP contribution in [0.1, 0.15) is 32.1 Å². The molecule has 0 radical (unpaired) electrons. The van der Waals surface area contributed by atoms with Gasteiger partial charge >= 0.3 is 0 Å². The number of nitrogens with two attached hydrogens (primary N) is 1. The predicted octanol–water partition coefficient (Wildman–Crippen LogP) is 0.391. The van der Waals surface area contributed by atoms with E-state index in [1.807, 2.05) is 0 Å². The smallest absolute Gasteiger partial charge is 0.206 e. The summed E-state index contributed by atoms with van der Waals surface area (Å²) in [6, 6.07) is 0.503. The third-order valence-electron chi connectivity index (χ3n) is 3.02. The van der Waals surface area contributed by atoms with E-state index in [2.05, 4.69) is 15.7 Å². The van der Waals surface area contributed by atoms with Gasteiger partial charge in [0, 0.05) is 13.2 Å². The van der Waals surface area contributed by atoms with Crippen molar-refractivity contribution in [3.05, 3.63) is 0 Å². The summed E-state index contributed by atoms with van der Waals surface area (Å²) in [6.07, 6.45) is 6.31. The molecule has 1 fully saturated rings. The van der Waals surface area contributed by atoms with Crippen LogP contribution in [0.4, 0.5) is 0 Å². The molecule has 0 saturated heterocycles. The molecule has 1 aliphatic rings. The van der Waals surface area contributed by atoms with Crippen LogP contribution in [-0.2, 0) is 9.47 Å². The molecule has 1 rings (SSSR count).